The van der Waals surface area contributed by atoms with Crippen LogP contribution in [0.25, 0.3) is 0 Å². The topological polar surface area (TPSA) is 59.0 Å². The zero-order valence-corrected chi connectivity index (χ0v) is 22.1. The maximum Gasteiger partial charge on any atom is 0.194 e. The van der Waals surface area contributed by atoms with Crippen LogP contribution < -0.4 is 5.32 Å². The summed E-state index contributed by atoms with van der Waals surface area (Å²) in [7, 11) is 0. The molecule has 8 heteroatoms. The fourth-order valence-electron chi connectivity index (χ4n) is 3.72. The van der Waals surface area contributed by atoms with Crippen molar-refractivity contribution in [1.29, 1.82) is 0 Å². The quantitative estimate of drug-likeness (QED) is 0.320. The number of halogens is 1. The standard InChI is InChI=1S/C22H38N4O2S.HI/c1-5-23-21(24-14-17-16-29-20(25-17)22(2,3)4)26-11-9-18(10-12-26)28-15-19-8-6-7-13-27-19;/h16,18-19H,5-15H2,1-4H3,(H,23,24);1H. The van der Waals surface area contributed by atoms with Gasteiger partial charge >= 0.3 is 0 Å². The fraction of sp³-hybridized carbons (Fsp3) is 0.818. The van der Waals surface area contributed by atoms with E-state index < -0.39 is 0 Å². The average Bonchev–Trinajstić information content (AvgIpc) is 3.20. The molecule has 1 unspecified atom stereocenters. The smallest absolute Gasteiger partial charge is 0.194 e. The first-order valence-corrected chi connectivity index (χ1v) is 12.0. The van der Waals surface area contributed by atoms with E-state index in [0.29, 0.717) is 18.8 Å². The van der Waals surface area contributed by atoms with Crippen molar-refractivity contribution in [3.8, 4) is 0 Å². The molecule has 0 radical (unpaired) electrons. The number of hydrogen-bond donors (Lipinski definition) is 1. The lowest BCUT2D eigenvalue weighted by Gasteiger charge is -2.35. The summed E-state index contributed by atoms with van der Waals surface area (Å²) in [4.78, 5) is 12.0. The van der Waals surface area contributed by atoms with Crippen LogP contribution >= 0.6 is 35.3 Å². The molecule has 0 amide bonds. The third-order valence-corrected chi connectivity index (χ3v) is 6.77. The van der Waals surface area contributed by atoms with Crippen LogP contribution in [-0.4, -0.2) is 60.9 Å². The Kier molecular flexibility index (Phi) is 10.8. The van der Waals surface area contributed by atoms with Crippen LogP contribution in [0.15, 0.2) is 10.4 Å². The minimum atomic E-state index is 0. The van der Waals surface area contributed by atoms with Crippen molar-refractivity contribution in [3.05, 3.63) is 16.1 Å². The molecule has 0 saturated carbocycles. The molecule has 2 fully saturated rings. The first kappa shape index (κ1) is 25.8. The summed E-state index contributed by atoms with van der Waals surface area (Å²) in [5.74, 6) is 0.992. The molecule has 2 aliphatic rings. The van der Waals surface area contributed by atoms with E-state index in [4.69, 9.17) is 19.5 Å². The first-order chi connectivity index (χ1) is 14.0. The molecule has 0 aliphatic carbocycles. The number of piperidine rings is 1. The van der Waals surface area contributed by atoms with Crippen molar-refractivity contribution in [1.82, 2.24) is 15.2 Å². The number of thiazole rings is 1. The number of rotatable bonds is 6. The second kappa shape index (κ2) is 12.6. The van der Waals surface area contributed by atoms with Crippen molar-refractivity contribution >= 4 is 41.3 Å². The molecule has 2 saturated heterocycles. The van der Waals surface area contributed by atoms with Crippen LogP contribution in [0.1, 0.15) is 70.5 Å². The lowest BCUT2D eigenvalue weighted by Crippen LogP contribution is -2.47. The Morgan fingerprint density at radius 2 is 2.07 bits per heavy atom. The lowest BCUT2D eigenvalue weighted by molar-refractivity contribution is -0.0721. The van der Waals surface area contributed by atoms with E-state index in [2.05, 4.69) is 43.3 Å². The maximum atomic E-state index is 6.15. The van der Waals surface area contributed by atoms with Crippen molar-refractivity contribution in [2.45, 2.75) is 84.0 Å². The van der Waals surface area contributed by atoms with Crippen molar-refractivity contribution in [2.75, 3.05) is 32.8 Å². The van der Waals surface area contributed by atoms with E-state index >= 15 is 0 Å². The molecule has 6 nitrogen and oxygen atoms in total. The van der Waals surface area contributed by atoms with Gasteiger partial charge in [0, 0.05) is 37.0 Å². The number of hydrogen-bond acceptors (Lipinski definition) is 5. The van der Waals surface area contributed by atoms with Gasteiger partial charge in [0.1, 0.15) is 0 Å². The van der Waals surface area contributed by atoms with Crippen LogP contribution in [0.2, 0.25) is 0 Å². The molecule has 3 rings (SSSR count). The van der Waals surface area contributed by atoms with Crippen LogP contribution in [0, 0.1) is 0 Å². The fourth-order valence-corrected chi connectivity index (χ4v) is 4.62. The number of nitrogens with one attached hydrogen (secondary N) is 1. The Balaban J connectivity index is 0.00000320. The van der Waals surface area contributed by atoms with E-state index in [-0.39, 0.29) is 29.4 Å². The highest BCUT2D eigenvalue weighted by molar-refractivity contribution is 14.0. The predicted octanol–water partition coefficient (Wildman–Crippen LogP) is 4.57. The van der Waals surface area contributed by atoms with Crippen molar-refractivity contribution < 1.29 is 9.47 Å². The molecule has 2 aliphatic heterocycles. The summed E-state index contributed by atoms with van der Waals surface area (Å²) < 4.78 is 11.9. The number of guanidine groups is 1. The van der Waals surface area contributed by atoms with E-state index in [1.807, 2.05) is 0 Å². The Hall–Kier alpha value is -0.450. The minimum absolute atomic E-state index is 0. The van der Waals surface area contributed by atoms with E-state index in [9.17, 15) is 0 Å². The van der Waals surface area contributed by atoms with Gasteiger partial charge in [-0.05, 0) is 39.0 Å². The van der Waals surface area contributed by atoms with Crippen LogP contribution in [-0.2, 0) is 21.4 Å². The minimum Gasteiger partial charge on any atom is -0.376 e. The largest absolute Gasteiger partial charge is 0.376 e. The Morgan fingerprint density at radius 3 is 2.67 bits per heavy atom. The zero-order valence-electron chi connectivity index (χ0n) is 19.0. The molecule has 30 heavy (non-hydrogen) atoms. The van der Waals surface area contributed by atoms with Gasteiger partial charge in [0.25, 0.3) is 0 Å². The van der Waals surface area contributed by atoms with Crippen molar-refractivity contribution in [3.63, 3.8) is 0 Å². The van der Waals surface area contributed by atoms with Gasteiger partial charge in [-0.1, -0.05) is 20.8 Å². The second-order valence-corrected chi connectivity index (χ2v) is 9.93. The highest BCUT2D eigenvalue weighted by Crippen LogP contribution is 2.26. The highest BCUT2D eigenvalue weighted by Gasteiger charge is 2.24. The van der Waals surface area contributed by atoms with Gasteiger partial charge in [0.05, 0.1) is 36.1 Å². The molecule has 1 N–H and O–H groups in total. The Bertz CT molecular complexity index is 648. The van der Waals surface area contributed by atoms with Gasteiger partial charge in [-0.25, -0.2) is 9.98 Å². The van der Waals surface area contributed by atoms with Gasteiger partial charge in [-0.15, -0.1) is 35.3 Å². The maximum absolute atomic E-state index is 6.15. The molecule has 1 aromatic rings. The predicted molar refractivity (Wildman–Crippen MR) is 135 cm³/mol. The summed E-state index contributed by atoms with van der Waals surface area (Å²) >= 11 is 1.73. The van der Waals surface area contributed by atoms with Crippen LogP contribution in [0.4, 0.5) is 0 Å². The summed E-state index contributed by atoms with van der Waals surface area (Å²) in [6.45, 7) is 13.8. The molecular formula is C22H39IN4O2S. The summed E-state index contributed by atoms with van der Waals surface area (Å²) in [6, 6.07) is 0. The highest BCUT2D eigenvalue weighted by atomic mass is 127. The van der Waals surface area contributed by atoms with Crippen molar-refractivity contribution in [2.24, 2.45) is 4.99 Å². The number of ether oxygens (including phenoxy) is 2. The Morgan fingerprint density at radius 1 is 1.30 bits per heavy atom. The lowest BCUT2D eigenvalue weighted by atomic mass is 9.98. The summed E-state index contributed by atoms with van der Waals surface area (Å²) in [6.07, 6.45) is 6.34. The van der Waals surface area contributed by atoms with Gasteiger partial charge in [-0.2, -0.15) is 0 Å². The number of likely N-dealkylation sites (tertiary alicyclic amines) is 1. The molecule has 0 bridgehead atoms. The van der Waals surface area contributed by atoms with E-state index in [1.54, 1.807) is 11.3 Å². The van der Waals surface area contributed by atoms with Gasteiger partial charge in [0.15, 0.2) is 5.96 Å². The third-order valence-electron chi connectivity index (χ3n) is 5.45. The molecule has 172 valence electrons. The van der Waals surface area contributed by atoms with Crippen LogP contribution in [0.3, 0.4) is 0 Å². The molecule has 0 spiro atoms. The molecule has 0 aromatic carbocycles. The number of aliphatic imine (C=N–C) groups is 1. The second-order valence-electron chi connectivity index (χ2n) is 9.07. The molecule has 3 heterocycles. The average molecular weight is 551 g/mol. The number of nitrogens with zero attached hydrogens (tertiary/aromatic N) is 3. The SMILES string of the molecule is CCNC(=NCc1csc(C(C)(C)C)n1)N1CCC(OCC2CCCCO2)CC1.I. The molecular weight excluding hydrogens is 511 g/mol. The monoisotopic (exact) mass is 550 g/mol. The van der Waals surface area contributed by atoms with Gasteiger partial charge in [-0.3, -0.25) is 0 Å². The molecule has 1 atom stereocenters. The van der Waals surface area contributed by atoms with Crippen LogP contribution in [0.5, 0.6) is 0 Å². The van der Waals surface area contributed by atoms with E-state index in [1.165, 1.54) is 17.8 Å². The van der Waals surface area contributed by atoms with E-state index in [0.717, 1.165) is 63.8 Å². The van der Waals surface area contributed by atoms with Gasteiger partial charge < -0.3 is 19.7 Å². The first-order valence-electron chi connectivity index (χ1n) is 11.2. The number of aromatic nitrogens is 1. The van der Waals surface area contributed by atoms with Gasteiger partial charge in [0.2, 0.25) is 0 Å². The normalized spacial score (nSPS) is 21.4. The summed E-state index contributed by atoms with van der Waals surface area (Å²) in [5, 5.41) is 6.76. The zero-order chi connectivity index (χ0) is 20.7. The summed E-state index contributed by atoms with van der Waals surface area (Å²) in [5.41, 5.74) is 1.16. The third kappa shape index (κ3) is 7.91. The molecule has 1 aromatic heterocycles. The Labute approximate surface area is 203 Å².